The van der Waals surface area contributed by atoms with Crippen molar-refractivity contribution in [2.75, 3.05) is 12.4 Å². The van der Waals surface area contributed by atoms with E-state index in [-0.39, 0.29) is 33.9 Å². The van der Waals surface area contributed by atoms with E-state index in [1.54, 1.807) is 45.9 Å². The summed E-state index contributed by atoms with van der Waals surface area (Å²) >= 11 is 0. The molecule has 2 unspecified atom stereocenters. The van der Waals surface area contributed by atoms with E-state index < -0.39 is 18.4 Å². The Bertz CT molecular complexity index is 864. The van der Waals surface area contributed by atoms with Crippen molar-refractivity contribution in [3.8, 4) is 6.07 Å². The second kappa shape index (κ2) is 10.7. The molecule has 1 spiro atoms. The molecule has 3 atom stereocenters. The van der Waals surface area contributed by atoms with Crippen LogP contribution in [-0.4, -0.2) is 53.6 Å². The van der Waals surface area contributed by atoms with E-state index in [0.29, 0.717) is 17.9 Å². The van der Waals surface area contributed by atoms with Crippen molar-refractivity contribution in [1.29, 1.82) is 5.26 Å². The van der Waals surface area contributed by atoms with Crippen LogP contribution in [0.4, 0.5) is 0 Å². The number of nitrogens with zero attached hydrogens (tertiary/aromatic N) is 2. The topological polar surface area (TPSA) is 79.6 Å². The smallest absolute Gasteiger partial charge is 0.259 e. The zero-order chi connectivity index (χ0) is 22.6. The minimum absolute atomic E-state index is 0.0274. The SMILES string of the molecule is CC(C)N(C(C)C)P(OCCC#N)OC1[C@H](CS(=O)(=O)c2ccccc2)SSC12CC2. The molecule has 0 aromatic heterocycles. The van der Waals surface area contributed by atoms with Gasteiger partial charge in [-0.3, -0.25) is 0 Å². The first-order valence-corrected chi connectivity index (χ1v) is 15.6. The summed E-state index contributed by atoms with van der Waals surface area (Å²) in [5.41, 5.74) is 0. The highest BCUT2D eigenvalue weighted by Gasteiger charge is 2.61. The zero-order valence-corrected chi connectivity index (χ0v) is 21.8. The van der Waals surface area contributed by atoms with Crippen LogP contribution in [0.1, 0.15) is 47.0 Å². The lowest BCUT2D eigenvalue weighted by Gasteiger charge is -2.38. The Morgan fingerprint density at radius 2 is 1.87 bits per heavy atom. The van der Waals surface area contributed by atoms with E-state index in [1.807, 2.05) is 6.07 Å². The van der Waals surface area contributed by atoms with Crippen LogP contribution in [0.3, 0.4) is 0 Å². The molecule has 2 fully saturated rings. The lowest BCUT2D eigenvalue weighted by Crippen LogP contribution is -2.40. The molecule has 1 aromatic carbocycles. The molecule has 0 bridgehead atoms. The maximum absolute atomic E-state index is 13.1. The number of hydrogen-bond donors (Lipinski definition) is 0. The van der Waals surface area contributed by atoms with Gasteiger partial charge in [0.05, 0.1) is 45.8 Å². The van der Waals surface area contributed by atoms with Crippen LogP contribution in [0.15, 0.2) is 35.2 Å². The third kappa shape index (κ3) is 6.17. The highest BCUT2D eigenvalue weighted by atomic mass is 33.1. The second-order valence-corrected chi connectivity index (χ2v) is 14.7. The fourth-order valence-electron chi connectivity index (χ4n) is 3.70. The first-order chi connectivity index (χ1) is 14.7. The van der Waals surface area contributed by atoms with Gasteiger partial charge in [0.25, 0.3) is 8.53 Å². The molecule has 10 heteroatoms. The maximum atomic E-state index is 13.1. The van der Waals surface area contributed by atoms with Crippen molar-refractivity contribution in [3.63, 3.8) is 0 Å². The number of hydrogen-bond acceptors (Lipinski definition) is 8. The molecule has 3 rings (SSSR count). The largest absolute Gasteiger partial charge is 0.321 e. The van der Waals surface area contributed by atoms with Gasteiger partial charge in [-0.15, -0.1) is 0 Å². The molecule has 0 N–H and O–H groups in total. The van der Waals surface area contributed by atoms with E-state index in [9.17, 15) is 8.42 Å². The molecule has 1 saturated carbocycles. The van der Waals surface area contributed by atoms with Gasteiger partial charge in [0.15, 0.2) is 9.84 Å². The second-order valence-electron chi connectivity index (χ2n) is 8.45. The molecule has 2 aliphatic rings. The van der Waals surface area contributed by atoms with E-state index in [2.05, 4.69) is 38.4 Å². The number of nitriles is 1. The summed E-state index contributed by atoms with van der Waals surface area (Å²) in [6.07, 6.45) is 2.16. The summed E-state index contributed by atoms with van der Waals surface area (Å²) in [7, 11) is -1.41. The Labute approximate surface area is 195 Å². The molecule has 31 heavy (non-hydrogen) atoms. The molecule has 0 radical (unpaired) electrons. The summed E-state index contributed by atoms with van der Waals surface area (Å²) in [4.78, 5) is 0.356. The van der Waals surface area contributed by atoms with Gasteiger partial charge in [0.1, 0.15) is 0 Å². The number of sulfone groups is 1. The van der Waals surface area contributed by atoms with Crippen LogP contribution in [0.25, 0.3) is 0 Å². The molecule has 6 nitrogen and oxygen atoms in total. The van der Waals surface area contributed by atoms with E-state index in [1.165, 1.54) is 0 Å². The van der Waals surface area contributed by atoms with Gasteiger partial charge in [0, 0.05) is 12.1 Å². The van der Waals surface area contributed by atoms with Crippen molar-refractivity contribution >= 4 is 40.0 Å². The normalized spacial score (nSPS) is 23.5. The van der Waals surface area contributed by atoms with Crippen molar-refractivity contribution in [2.45, 2.75) is 80.0 Å². The summed E-state index contributed by atoms with van der Waals surface area (Å²) < 4.78 is 41.1. The predicted molar refractivity (Wildman–Crippen MR) is 130 cm³/mol. The Morgan fingerprint density at radius 1 is 1.23 bits per heavy atom. The van der Waals surface area contributed by atoms with Crippen LogP contribution >= 0.6 is 30.1 Å². The molecular weight excluding hydrogens is 471 g/mol. The zero-order valence-electron chi connectivity index (χ0n) is 18.4. The molecule has 1 aliphatic heterocycles. The van der Waals surface area contributed by atoms with Crippen molar-refractivity contribution in [1.82, 2.24) is 4.67 Å². The Morgan fingerprint density at radius 3 is 2.42 bits per heavy atom. The summed E-state index contributed by atoms with van der Waals surface area (Å²) in [6, 6.07) is 11.2. The minimum Gasteiger partial charge on any atom is -0.321 e. The highest BCUT2D eigenvalue weighted by Crippen LogP contribution is 2.67. The first-order valence-electron chi connectivity index (χ1n) is 10.6. The maximum Gasteiger partial charge on any atom is 0.259 e. The number of rotatable bonds is 11. The Kier molecular flexibility index (Phi) is 8.76. The third-order valence-corrected chi connectivity index (χ3v) is 13.2. The van der Waals surface area contributed by atoms with Gasteiger partial charge in [0.2, 0.25) is 0 Å². The van der Waals surface area contributed by atoms with Gasteiger partial charge in [-0.05, 0) is 52.7 Å². The summed E-state index contributed by atoms with van der Waals surface area (Å²) in [6.45, 7) is 8.73. The monoisotopic (exact) mass is 502 g/mol. The van der Waals surface area contributed by atoms with Crippen molar-refractivity contribution in [2.24, 2.45) is 0 Å². The van der Waals surface area contributed by atoms with Crippen LogP contribution < -0.4 is 0 Å². The molecular formula is C21H31N2O4PS3. The Balaban J connectivity index is 1.81. The van der Waals surface area contributed by atoms with Crippen LogP contribution in [0, 0.1) is 11.3 Å². The third-order valence-electron chi connectivity index (χ3n) is 5.29. The van der Waals surface area contributed by atoms with E-state index in [0.717, 1.165) is 12.8 Å². The lowest BCUT2D eigenvalue weighted by atomic mass is 10.2. The van der Waals surface area contributed by atoms with E-state index >= 15 is 0 Å². The van der Waals surface area contributed by atoms with Crippen LogP contribution in [0.2, 0.25) is 0 Å². The molecule has 1 saturated heterocycles. The molecule has 0 amide bonds. The highest BCUT2D eigenvalue weighted by molar-refractivity contribution is 8.78. The minimum atomic E-state index is -3.41. The predicted octanol–water partition coefficient (Wildman–Crippen LogP) is 5.42. The average Bonchev–Trinajstić information content (AvgIpc) is 3.43. The van der Waals surface area contributed by atoms with Gasteiger partial charge in [-0.25, -0.2) is 13.1 Å². The Hall–Kier alpha value is -0.330. The molecule has 172 valence electrons. The summed E-state index contributed by atoms with van der Waals surface area (Å²) in [5.74, 6) is 0.0474. The number of benzene rings is 1. The average molecular weight is 503 g/mol. The quantitative estimate of drug-likeness (QED) is 0.226. The summed E-state index contributed by atoms with van der Waals surface area (Å²) in [5, 5.41) is 8.78. The lowest BCUT2D eigenvalue weighted by molar-refractivity contribution is 0.129. The van der Waals surface area contributed by atoms with E-state index in [4.69, 9.17) is 14.3 Å². The first kappa shape index (κ1) is 25.3. The van der Waals surface area contributed by atoms with Crippen LogP contribution in [-0.2, 0) is 18.9 Å². The van der Waals surface area contributed by atoms with Gasteiger partial charge in [-0.2, -0.15) is 5.26 Å². The van der Waals surface area contributed by atoms with Crippen molar-refractivity contribution < 1.29 is 17.5 Å². The fourth-order valence-corrected chi connectivity index (χ4v) is 11.8. The van der Waals surface area contributed by atoms with Gasteiger partial charge in [-0.1, -0.05) is 39.8 Å². The van der Waals surface area contributed by atoms with Gasteiger partial charge >= 0.3 is 0 Å². The van der Waals surface area contributed by atoms with Crippen molar-refractivity contribution in [3.05, 3.63) is 30.3 Å². The van der Waals surface area contributed by atoms with Gasteiger partial charge < -0.3 is 9.05 Å². The molecule has 1 heterocycles. The molecule has 1 aromatic rings. The fraction of sp³-hybridized carbons (Fsp3) is 0.667. The van der Waals surface area contributed by atoms with Crippen LogP contribution in [0.5, 0.6) is 0 Å². The molecule has 1 aliphatic carbocycles. The standard InChI is InChI=1S/C21H31N2O4PS3/c1-16(2)23(17(3)4)28(26-14-8-13-22)27-20-19(29-30-21(20)11-12-21)15-31(24,25)18-9-6-5-7-10-18/h5-7,9-10,16-17,19-20H,8,11-12,14-15H2,1-4H3/t19-,20?,28?/m0/s1.